The Morgan fingerprint density at radius 3 is 2.77 bits per heavy atom. The number of nitrogens with one attached hydrogen (secondary N) is 1. The average molecular weight is 298 g/mol. The van der Waals surface area contributed by atoms with Gasteiger partial charge in [-0.25, -0.2) is 5.84 Å². The molecule has 0 unspecified atom stereocenters. The lowest BCUT2D eigenvalue weighted by atomic mass is 9.82. The number of H-pyrrole nitrogens is 1. The fraction of sp³-hybridized carbons (Fsp3) is 0.375. The van der Waals surface area contributed by atoms with Gasteiger partial charge in [0, 0.05) is 23.0 Å². The zero-order chi connectivity index (χ0) is 15.6. The normalized spacial score (nSPS) is 23.7. The summed E-state index contributed by atoms with van der Waals surface area (Å²) in [6.45, 7) is 3.89. The van der Waals surface area contributed by atoms with Gasteiger partial charge in [-0.1, -0.05) is 18.2 Å². The highest BCUT2D eigenvalue weighted by molar-refractivity contribution is 5.97. The fourth-order valence-electron chi connectivity index (χ4n) is 3.90. The Morgan fingerprint density at radius 1 is 1.27 bits per heavy atom. The maximum Gasteiger partial charge on any atom is 0.260 e. The molecule has 3 N–H and O–H groups in total. The van der Waals surface area contributed by atoms with Crippen molar-refractivity contribution in [1.29, 1.82) is 0 Å². The summed E-state index contributed by atoms with van der Waals surface area (Å²) in [5.41, 5.74) is 2.59. The van der Waals surface area contributed by atoms with Crippen molar-refractivity contribution >= 4 is 22.7 Å². The second kappa shape index (κ2) is 4.10. The highest BCUT2D eigenvalue weighted by Gasteiger charge is 2.50. The number of aromatic amines is 1. The van der Waals surface area contributed by atoms with Gasteiger partial charge in [-0.2, -0.15) is 0 Å². The molecular weight excluding hydrogens is 280 g/mol. The van der Waals surface area contributed by atoms with Crippen molar-refractivity contribution in [3.05, 3.63) is 35.5 Å². The Morgan fingerprint density at radius 2 is 2.00 bits per heavy atom. The lowest BCUT2D eigenvalue weighted by Crippen LogP contribution is -2.68. The van der Waals surface area contributed by atoms with Crippen LogP contribution < -0.4 is 5.84 Å². The van der Waals surface area contributed by atoms with Crippen LogP contribution in [0.2, 0.25) is 0 Å². The SMILES string of the molecule is CC1(C)c2[nH]c3ccccc3c2C[C@H]2C(=O)N(N)CC(=O)N21. The molecule has 1 aromatic heterocycles. The van der Waals surface area contributed by atoms with E-state index < -0.39 is 11.6 Å². The predicted molar refractivity (Wildman–Crippen MR) is 81.6 cm³/mol. The van der Waals surface area contributed by atoms with Crippen molar-refractivity contribution in [3.8, 4) is 0 Å². The van der Waals surface area contributed by atoms with E-state index in [9.17, 15) is 9.59 Å². The van der Waals surface area contributed by atoms with Gasteiger partial charge in [-0.15, -0.1) is 0 Å². The zero-order valence-electron chi connectivity index (χ0n) is 12.6. The van der Waals surface area contributed by atoms with Crippen molar-refractivity contribution < 1.29 is 9.59 Å². The molecule has 4 rings (SSSR count). The lowest BCUT2D eigenvalue weighted by molar-refractivity contribution is -0.164. The Labute approximate surface area is 127 Å². The summed E-state index contributed by atoms with van der Waals surface area (Å²) in [5, 5.41) is 2.15. The number of carbonyl (C=O) groups excluding carboxylic acids is 2. The number of fused-ring (bicyclic) bond motifs is 4. The Balaban J connectivity index is 1.96. The summed E-state index contributed by atoms with van der Waals surface area (Å²) < 4.78 is 0. The summed E-state index contributed by atoms with van der Waals surface area (Å²) >= 11 is 0. The van der Waals surface area contributed by atoms with Gasteiger partial charge in [-0.3, -0.25) is 14.6 Å². The molecule has 2 amide bonds. The number of hydrogen-bond donors (Lipinski definition) is 2. The Bertz CT molecular complexity index is 808. The van der Waals surface area contributed by atoms with Gasteiger partial charge in [0.25, 0.3) is 5.91 Å². The van der Waals surface area contributed by atoms with Crippen LogP contribution in [0.3, 0.4) is 0 Å². The molecule has 1 aromatic carbocycles. The van der Waals surface area contributed by atoms with E-state index in [1.165, 1.54) is 0 Å². The molecule has 2 aromatic rings. The zero-order valence-corrected chi connectivity index (χ0v) is 12.6. The molecule has 0 radical (unpaired) electrons. The summed E-state index contributed by atoms with van der Waals surface area (Å²) in [4.78, 5) is 30.0. The first-order chi connectivity index (χ1) is 10.4. The van der Waals surface area contributed by atoms with Crippen LogP contribution in [0, 0.1) is 0 Å². The molecule has 0 bridgehead atoms. The maximum absolute atomic E-state index is 12.5. The van der Waals surface area contributed by atoms with Gasteiger partial charge in [-0.05, 0) is 25.5 Å². The van der Waals surface area contributed by atoms with Crippen molar-refractivity contribution in [2.24, 2.45) is 5.84 Å². The summed E-state index contributed by atoms with van der Waals surface area (Å²) in [7, 11) is 0. The van der Waals surface area contributed by atoms with Crippen LogP contribution in [0.25, 0.3) is 10.9 Å². The van der Waals surface area contributed by atoms with Gasteiger partial charge < -0.3 is 9.88 Å². The topological polar surface area (TPSA) is 82.4 Å². The Kier molecular flexibility index (Phi) is 2.49. The van der Waals surface area contributed by atoms with Crippen LogP contribution in [0.4, 0.5) is 0 Å². The first kappa shape index (κ1) is 13.3. The third kappa shape index (κ3) is 1.53. The standard InChI is InChI=1S/C16H18N4O2/c1-16(2)14-10(9-5-3-4-6-11(9)18-14)7-12-15(22)19(17)8-13(21)20(12)16/h3-6,12,18H,7-8,17H2,1-2H3/t12-/m0/s1. The molecule has 3 heterocycles. The molecular formula is C16H18N4O2. The number of piperazine rings is 1. The van der Waals surface area contributed by atoms with Gasteiger partial charge in [0.2, 0.25) is 5.91 Å². The molecule has 1 atom stereocenters. The number of carbonyl (C=O) groups is 2. The predicted octanol–water partition coefficient (Wildman–Crippen LogP) is 0.872. The van der Waals surface area contributed by atoms with E-state index in [-0.39, 0.29) is 18.4 Å². The van der Waals surface area contributed by atoms with E-state index in [4.69, 9.17) is 5.84 Å². The average Bonchev–Trinajstić information content (AvgIpc) is 2.84. The minimum atomic E-state index is -0.564. The fourth-order valence-corrected chi connectivity index (χ4v) is 3.90. The van der Waals surface area contributed by atoms with Crippen LogP contribution in [-0.4, -0.2) is 39.3 Å². The maximum atomic E-state index is 12.5. The van der Waals surface area contributed by atoms with Gasteiger partial charge in [0.05, 0.1) is 5.54 Å². The number of rotatable bonds is 0. The Hall–Kier alpha value is -2.34. The number of nitrogens with zero attached hydrogens (tertiary/aromatic N) is 2. The number of para-hydroxylation sites is 1. The van der Waals surface area contributed by atoms with Crippen molar-refractivity contribution in [3.63, 3.8) is 0 Å². The number of nitrogens with two attached hydrogens (primary N) is 1. The minimum Gasteiger partial charge on any atom is -0.356 e. The van der Waals surface area contributed by atoms with E-state index in [1.807, 2.05) is 38.1 Å². The van der Waals surface area contributed by atoms with Gasteiger partial charge in [0.1, 0.15) is 12.6 Å². The van der Waals surface area contributed by atoms with E-state index in [0.717, 1.165) is 27.2 Å². The number of hydrazine groups is 1. The van der Waals surface area contributed by atoms with Crippen LogP contribution in [-0.2, 0) is 21.5 Å². The quantitative estimate of drug-likeness (QED) is 0.559. The molecule has 22 heavy (non-hydrogen) atoms. The van der Waals surface area contributed by atoms with Crippen molar-refractivity contribution in [2.75, 3.05) is 6.54 Å². The third-order valence-corrected chi connectivity index (χ3v) is 4.88. The second-order valence-electron chi connectivity index (χ2n) is 6.53. The molecule has 114 valence electrons. The molecule has 2 aliphatic rings. The second-order valence-corrected chi connectivity index (χ2v) is 6.53. The van der Waals surface area contributed by atoms with E-state index in [2.05, 4.69) is 4.98 Å². The lowest BCUT2D eigenvalue weighted by Gasteiger charge is -2.50. The highest BCUT2D eigenvalue weighted by atomic mass is 16.2. The molecule has 6 heteroatoms. The van der Waals surface area contributed by atoms with E-state index in [1.54, 1.807) is 4.90 Å². The monoisotopic (exact) mass is 298 g/mol. The number of aromatic nitrogens is 1. The first-order valence-corrected chi connectivity index (χ1v) is 7.39. The summed E-state index contributed by atoms with van der Waals surface area (Å²) in [6, 6.07) is 7.50. The van der Waals surface area contributed by atoms with E-state index in [0.29, 0.717) is 6.42 Å². The van der Waals surface area contributed by atoms with Crippen LogP contribution >= 0.6 is 0 Å². The van der Waals surface area contributed by atoms with Crippen molar-refractivity contribution in [2.45, 2.75) is 31.8 Å². The largest absolute Gasteiger partial charge is 0.356 e. The molecule has 0 spiro atoms. The first-order valence-electron chi connectivity index (χ1n) is 7.39. The number of hydrogen-bond acceptors (Lipinski definition) is 3. The van der Waals surface area contributed by atoms with Crippen LogP contribution in [0.5, 0.6) is 0 Å². The summed E-state index contributed by atoms with van der Waals surface area (Å²) in [5.74, 6) is 5.40. The minimum absolute atomic E-state index is 0.0612. The summed E-state index contributed by atoms with van der Waals surface area (Å²) in [6.07, 6.45) is 0.501. The van der Waals surface area contributed by atoms with Gasteiger partial charge >= 0.3 is 0 Å². The number of amides is 2. The molecule has 1 saturated heterocycles. The van der Waals surface area contributed by atoms with E-state index >= 15 is 0 Å². The molecule has 0 aliphatic carbocycles. The van der Waals surface area contributed by atoms with Gasteiger partial charge in [0.15, 0.2) is 0 Å². The smallest absolute Gasteiger partial charge is 0.260 e. The highest BCUT2D eigenvalue weighted by Crippen LogP contribution is 2.42. The van der Waals surface area contributed by atoms with Crippen LogP contribution in [0.15, 0.2) is 24.3 Å². The molecule has 0 saturated carbocycles. The van der Waals surface area contributed by atoms with Crippen LogP contribution in [0.1, 0.15) is 25.1 Å². The molecule has 2 aliphatic heterocycles. The molecule has 6 nitrogen and oxygen atoms in total. The third-order valence-electron chi connectivity index (χ3n) is 4.88. The van der Waals surface area contributed by atoms with Crippen molar-refractivity contribution in [1.82, 2.24) is 14.9 Å². The number of benzene rings is 1. The molecule has 1 fully saturated rings.